The van der Waals surface area contributed by atoms with Crippen molar-refractivity contribution < 1.29 is 9.53 Å². The number of carbonyl (C=O) groups is 1. The quantitative estimate of drug-likeness (QED) is 0.924. The maximum atomic E-state index is 11.1. The van der Waals surface area contributed by atoms with Crippen LogP contribution in [0.2, 0.25) is 0 Å². The van der Waals surface area contributed by atoms with E-state index in [-0.39, 0.29) is 6.10 Å². The highest BCUT2D eigenvalue weighted by atomic mass is 32.1. The van der Waals surface area contributed by atoms with Gasteiger partial charge in [0.2, 0.25) is 5.91 Å². The Balaban J connectivity index is 1.67. The highest BCUT2D eigenvalue weighted by molar-refractivity contribution is 7.09. The van der Waals surface area contributed by atoms with Gasteiger partial charge in [-0.1, -0.05) is 0 Å². The Morgan fingerprint density at radius 3 is 3.00 bits per heavy atom. The van der Waals surface area contributed by atoms with E-state index in [0.29, 0.717) is 12.2 Å². The van der Waals surface area contributed by atoms with E-state index in [1.165, 1.54) is 11.1 Å². The van der Waals surface area contributed by atoms with E-state index in [0.717, 1.165) is 31.0 Å². The molecule has 0 radical (unpaired) electrons. The van der Waals surface area contributed by atoms with Gasteiger partial charge in [-0.3, -0.25) is 14.7 Å². The third kappa shape index (κ3) is 3.32. The minimum absolute atomic E-state index is 0.0797. The highest BCUT2D eigenvalue weighted by Gasteiger charge is 2.24. The predicted octanol–water partition coefficient (Wildman–Crippen LogP) is 1.52. The molecule has 1 fully saturated rings. The number of nitrogens with zero attached hydrogens (tertiary/aromatic N) is 3. The van der Waals surface area contributed by atoms with Crippen molar-refractivity contribution in [3.05, 3.63) is 45.7 Å². The molecular weight excluding hydrogens is 300 g/mol. The zero-order valence-corrected chi connectivity index (χ0v) is 13.2. The van der Waals surface area contributed by atoms with E-state index in [4.69, 9.17) is 10.5 Å². The SMILES string of the molecule is Cc1ncsc1CN1CCOC(c2ccc(C(N)=O)cn2)C1. The van der Waals surface area contributed by atoms with Crippen LogP contribution >= 0.6 is 11.3 Å². The summed E-state index contributed by atoms with van der Waals surface area (Å²) in [5.41, 5.74) is 9.45. The topological polar surface area (TPSA) is 81.3 Å². The van der Waals surface area contributed by atoms with Crippen LogP contribution in [0.4, 0.5) is 0 Å². The minimum atomic E-state index is -0.467. The molecule has 22 heavy (non-hydrogen) atoms. The lowest BCUT2D eigenvalue weighted by Crippen LogP contribution is -2.38. The van der Waals surface area contributed by atoms with Crippen molar-refractivity contribution in [2.24, 2.45) is 5.73 Å². The van der Waals surface area contributed by atoms with Crippen LogP contribution in [0.5, 0.6) is 0 Å². The Labute approximate surface area is 132 Å². The lowest BCUT2D eigenvalue weighted by Gasteiger charge is -2.32. The molecule has 3 rings (SSSR count). The summed E-state index contributed by atoms with van der Waals surface area (Å²) < 4.78 is 5.81. The van der Waals surface area contributed by atoms with E-state index < -0.39 is 5.91 Å². The van der Waals surface area contributed by atoms with E-state index >= 15 is 0 Å². The first-order chi connectivity index (χ1) is 10.6. The number of morpholine rings is 1. The molecule has 1 aliphatic rings. The summed E-state index contributed by atoms with van der Waals surface area (Å²) in [6.45, 7) is 5.26. The largest absolute Gasteiger partial charge is 0.369 e. The molecule has 0 aromatic carbocycles. The number of aryl methyl sites for hydroxylation is 1. The summed E-state index contributed by atoms with van der Waals surface area (Å²) in [7, 11) is 0. The number of thiazole rings is 1. The van der Waals surface area contributed by atoms with Crippen molar-refractivity contribution in [2.75, 3.05) is 19.7 Å². The van der Waals surface area contributed by atoms with Gasteiger partial charge in [-0.2, -0.15) is 0 Å². The molecule has 6 nitrogen and oxygen atoms in total. The summed E-state index contributed by atoms with van der Waals surface area (Å²) in [4.78, 5) is 23.3. The Morgan fingerprint density at radius 2 is 2.36 bits per heavy atom. The first kappa shape index (κ1) is 15.1. The second-order valence-corrected chi connectivity index (χ2v) is 6.23. The normalized spacial score (nSPS) is 19.2. The Morgan fingerprint density at radius 1 is 1.50 bits per heavy atom. The van der Waals surface area contributed by atoms with Crippen LogP contribution in [0, 0.1) is 6.92 Å². The fourth-order valence-corrected chi connectivity index (χ4v) is 3.27. The molecule has 1 unspecified atom stereocenters. The molecule has 116 valence electrons. The lowest BCUT2D eigenvalue weighted by molar-refractivity contribution is -0.0347. The van der Waals surface area contributed by atoms with Crippen molar-refractivity contribution >= 4 is 17.2 Å². The number of hydrogen-bond donors (Lipinski definition) is 1. The third-order valence-corrected chi connectivity index (χ3v) is 4.68. The fraction of sp³-hybridized carbons (Fsp3) is 0.400. The number of amides is 1. The van der Waals surface area contributed by atoms with E-state index in [1.807, 2.05) is 18.5 Å². The Hall–Kier alpha value is -1.83. The monoisotopic (exact) mass is 318 g/mol. The molecule has 2 aromatic heterocycles. The second-order valence-electron chi connectivity index (χ2n) is 5.29. The van der Waals surface area contributed by atoms with Gasteiger partial charge in [0.15, 0.2) is 0 Å². The smallest absolute Gasteiger partial charge is 0.250 e. The van der Waals surface area contributed by atoms with Crippen molar-refractivity contribution in [1.82, 2.24) is 14.9 Å². The first-order valence-electron chi connectivity index (χ1n) is 7.12. The summed E-state index contributed by atoms with van der Waals surface area (Å²) >= 11 is 1.68. The maximum absolute atomic E-state index is 11.1. The van der Waals surface area contributed by atoms with Crippen LogP contribution in [-0.2, 0) is 11.3 Å². The third-order valence-electron chi connectivity index (χ3n) is 3.76. The van der Waals surface area contributed by atoms with Crippen LogP contribution < -0.4 is 5.73 Å². The van der Waals surface area contributed by atoms with Gasteiger partial charge < -0.3 is 10.5 Å². The number of nitrogens with two attached hydrogens (primary N) is 1. The summed E-state index contributed by atoms with van der Waals surface area (Å²) in [6.07, 6.45) is 1.43. The summed E-state index contributed by atoms with van der Waals surface area (Å²) in [5.74, 6) is -0.467. The van der Waals surface area contributed by atoms with E-state index in [2.05, 4.69) is 14.9 Å². The van der Waals surface area contributed by atoms with Crippen LogP contribution in [0.25, 0.3) is 0 Å². The molecule has 0 spiro atoms. The predicted molar refractivity (Wildman–Crippen MR) is 83.6 cm³/mol. The van der Waals surface area contributed by atoms with Gasteiger partial charge in [0, 0.05) is 30.7 Å². The van der Waals surface area contributed by atoms with Gasteiger partial charge in [0.05, 0.1) is 29.1 Å². The van der Waals surface area contributed by atoms with Crippen LogP contribution in [0.1, 0.15) is 32.7 Å². The van der Waals surface area contributed by atoms with Crippen molar-refractivity contribution in [3.8, 4) is 0 Å². The molecule has 0 bridgehead atoms. The lowest BCUT2D eigenvalue weighted by atomic mass is 10.1. The van der Waals surface area contributed by atoms with Crippen molar-refractivity contribution in [1.29, 1.82) is 0 Å². The molecule has 1 saturated heterocycles. The molecule has 0 aliphatic carbocycles. The number of hydrogen-bond acceptors (Lipinski definition) is 6. The molecule has 1 atom stereocenters. The van der Waals surface area contributed by atoms with Gasteiger partial charge in [0.25, 0.3) is 0 Å². The number of primary amides is 1. The number of carbonyl (C=O) groups excluding carboxylic acids is 1. The number of aromatic nitrogens is 2. The van der Waals surface area contributed by atoms with E-state index in [1.54, 1.807) is 17.4 Å². The van der Waals surface area contributed by atoms with Gasteiger partial charge in [-0.25, -0.2) is 4.98 Å². The zero-order chi connectivity index (χ0) is 15.5. The van der Waals surface area contributed by atoms with Gasteiger partial charge in [0.1, 0.15) is 6.10 Å². The molecule has 2 aromatic rings. The zero-order valence-electron chi connectivity index (χ0n) is 12.4. The minimum Gasteiger partial charge on any atom is -0.369 e. The Kier molecular flexibility index (Phi) is 4.47. The number of pyridine rings is 1. The standard InChI is InChI=1S/C15H18N4O2S/c1-10-14(22-9-18-10)8-19-4-5-21-13(7-19)12-3-2-11(6-17-12)15(16)20/h2-3,6,9,13H,4-5,7-8H2,1H3,(H2,16,20). The molecular formula is C15H18N4O2S. The molecule has 1 aliphatic heterocycles. The summed E-state index contributed by atoms with van der Waals surface area (Å²) in [5, 5.41) is 0. The molecule has 3 heterocycles. The van der Waals surface area contributed by atoms with Crippen LogP contribution in [-0.4, -0.2) is 40.5 Å². The van der Waals surface area contributed by atoms with Gasteiger partial charge >= 0.3 is 0 Å². The van der Waals surface area contributed by atoms with Crippen molar-refractivity contribution in [2.45, 2.75) is 19.6 Å². The molecule has 1 amide bonds. The highest BCUT2D eigenvalue weighted by Crippen LogP contribution is 2.23. The number of ether oxygens (including phenoxy) is 1. The van der Waals surface area contributed by atoms with Gasteiger partial charge in [-0.05, 0) is 19.1 Å². The molecule has 0 saturated carbocycles. The first-order valence-corrected chi connectivity index (χ1v) is 8.00. The van der Waals surface area contributed by atoms with E-state index in [9.17, 15) is 4.79 Å². The Bertz CT molecular complexity index is 656. The summed E-state index contributed by atoms with van der Waals surface area (Å²) in [6, 6.07) is 3.51. The van der Waals surface area contributed by atoms with Crippen LogP contribution in [0.15, 0.2) is 23.8 Å². The molecule has 7 heteroatoms. The average Bonchev–Trinajstić information content (AvgIpc) is 2.93. The van der Waals surface area contributed by atoms with Gasteiger partial charge in [-0.15, -0.1) is 11.3 Å². The van der Waals surface area contributed by atoms with Crippen molar-refractivity contribution in [3.63, 3.8) is 0 Å². The number of rotatable bonds is 4. The van der Waals surface area contributed by atoms with Crippen LogP contribution in [0.3, 0.4) is 0 Å². The average molecular weight is 318 g/mol. The fourth-order valence-electron chi connectivity index (χ4n) is 2.45. The molecule has 2 N–H and O–H groups in total. The maximum Gasteiger partial charge on any atom is 0.250 e. The second kappa shape index (κ2) is 6.51.